The predicted molar refractivity (Wildman–Crippen MR) is 102 cm³/mol. The van der Waals surface area contributed by atoms with Crippen molar-refractivity contribution in [1.82, 2.24) is 30.2 Å². The smallest absolute Gasteiger partial charge is 0.276 e. The van der Waals surface area contributed by atoms with E-state index < -0.39 is 0 Å². The van der Waals surface area contributed by atoms with Crippen molar-refractivity contribution in [3.05, 3.63) is 47.4 Å². The Morgan fingerprint density at radius 1 is 1.30 bits per heavy atom. The summed E-state index contributed by atoms with van der Waals surface area (Å²) in [4.78, 5) is 18.3. The number of piperidine rings is 1. The van der Waals surface area contributed by atoms with Gasteiger partial charge in [0, 0.05) is 29.7 Å². The Kier molecular flexibility index (Phi) is 4.16. The van der Waals surface area contributed by atoms with Crippen LogP contribution in [-0.2, 0) is 19.5 Å². The first kappa shape index (κ1) is 16.5. The quantitative estimate of drug-likeness (QED) is 0.745. The number of carbonyl (C=O) groups is 1. The van der Waals surface area contributed by atoms with E-state index in [2.05, 4.69) is 38.8 Å². The van der Waals surface area contributed by atoms with Crippen molar-refractivity contribution in [3.8, 4) is 0 Å². The van der Waals surface area contributed by atoms with E-state index in [0.29, 0.717) is 24.7 Å². The molecule has 1 unspecified atom stereocenters. The SMILES string of the molecule is O=C(c1cn(CC2CCCNC2)nn1)N1CCc2c([nH]c3ccccc23)C1. The van der Waals surface area contributed by atoms with E-state index in [-0.39, 0.29) is 5.91 Å². The highest BCUT2D eigenvalue weighted by atomic mass is 16.2. The summed E-state index contributed by atoms with van der Waals surface area (Å²) in [6.45, 7) is 4.25. The van der Waals surface area contributed by atoms with Crippen molar-refractivity contribution in [1.29, 1.82) is 0 Å². The minimum Gasteiger partial charge on any atom is -0.357 e. The molecule has 4 heterocycles. The third kappa shape index (κ3) is 3.12. The minimum absolute atomic E-state index is 0.0349. The maximum absolute atomic E-state index is 12.9. The molecule has 7 heteroatoms. The Hall–Kier alpha value is -2.67. The lowest BCUT2D eigenvalue weighted by atomic mass is 10.00. The summed E-state index contributed by atoms with van der Waals surface area (Å²) in [7, 11) is 0. The lowest BCUT2D eigenvalue weighted by Crippen LogP contribution is -2.36. The summed E-state index contributed by atoms with van der Waals surface area (Å²) in [6.07, 6.45) is 5.07. The molecule has 27 heavy (non-hydrogen) atoms. The highest BCUT2D eigenvalue weighted by Crippen LogP contribution is 2.27. The number of aromatic nitrogens is 4. The standard InChI is InChI=1S/C20H24N6O/c27-20(19-13-26(24-23-19)11-14-4-3-8-21-10-14)25-9-7-16-15-5-1-2-6-17(15)22-18(16)12-25/h1-2,5-6,13-14,21-22H,3-4,7-12H2. The van der Waals surface area contributed by atoms with Crippen LogP contribution in [0.15, 0.2) is 30.5 Å². The first-order valence-electron chi connectivity index (χ1n) is 9.76. The number of H-pyrrole nitrogens is 1. The molecule has 1 amide bonds. The molecular formula is C20H24N6O. The van der Waals surface area contributed by atoms with Crippen LogP contribution in [-0.4, -0.2) is 50.4 Å². The number of amides is 1. The average Bonchev–Trinajstić information content (AvgIpc) is 3.32. The van der Waals surface area contributed by atoms with Gasteiger partial charge in [0.05, 0.1) is 12.7 Å². The number of nitrogens with one attached hydrogen (secondary N) is 2. The minimum atomic E-state index is -0.0349. The van der Waals surface area contributed by atoms with Crippen molar-refractivity contribution in [3.63, 3.8) is 0 Å². The summed E-state index contributed by atoms with van der Waals surface area (Å²) >= 11 is 0. The van der Waals surface area contributed by atoms with Crippen LogP contribution in [0.25, 0.3) is 10.9 Å². The van der Waals surface area contributed by atoms with E-state index in [1.165, 1.54) is 23.8 Å². The second kappa shape index (κ2) is 6.81. The highest BCUT2D eigenvalue weighted by Gasteiger charge is 2.26. The molecule has 2 aromatic heterocycles. The Balaban J connectivity index is 1.30. The fourth-order valence-corrected chi connectivity index (χ4v) is 4.36. The van der Waals surface area contributed by atoms with E-state index in [4.69, 9.17) is 0 Å². The Bertz CT molecular complexity index is 968. The average molecular weight is 364 g/mol. The van der Waals surface area contributed by atoms with Gasteiger partial charge in [-0.3, -0.25) is 9.48 Å². The number of aromatic amines is 1. The van der Waals surface area contributed by atoms with Gasteiger partial charge >= 0.3 is 0 Å². The number of fused-ring (bicyclic) bond motifs is 3. The van der Waals surface area contributed by atoms with Crippen LogP contribution in [0.1, 0.15) is 34.6 Å². The molecular weight excluding hydrogens is 340 g/mol. The lowest BCUT2D eigenvalue weighted by molar-refractivity contribution is 0.0727. The molecule has 2 N–H and O–H groups in total. The largest absolute Gasteiger partial charge is 0.357 e. The fourth-order valence-electron chi connectivity index (χ4n) is 4.36. The molecule has 3 aromatic rings. The molecule has 2 aliphatic heterocycles. The van der Waals surface area contributed by atoms with Gasteiger partial charge in [-0.25, -0.2) is 0 Å². The van der Waals surface area contributed by atoms with E-state index in [9.17, 15) is 4.79 Å². The fraction of sp³-hybridized carbons (Fsp3) is 0.450. The van der Waals surface area contributed by atoms with Gasteiger partial charge in [0.2, 0.25) is 0 Å². The monoisotopic (exact) mass is 364 g/mol. The zero-order valence-electron chi connectivity index (χ0n) is 15.3. The Morgan fingerprint density at radius 2 is 2.22 bits per heavy atom. The summed E-state index contributed by atoms with van der Waals surface area (Å²) in [6, 6.07) is 8.33. The predicted octanol–water partition coefficient (Wildman–Crippen LogP) is 1.96. The molecule has 1 aromatic carbocycles. The molecule has 1 atom stereocenters. The molecule has 0 radical (unpaired) electrons. The van der Waals surface area contributed by atoms with Crippen LogP contribution < -0.4 is 5.32 Å². The van der Waals surface area contributed by atoms with Crippen molar-refractivity contribution in [2.75, 3.05) is 19.6 Å². The molecule has 7 nitrogen and oxygen atoms in total. The molecule has 2 aliphatic rings. The zero-order chi connectivity index (χ0) is 18.2. The van der Waals surface area contributed by atoms with Gasteiger partial charge in [-0.15, -0.1) is 5.10 Å². The third-order valence-corrected chi connectivity index (χ3v) is 5.77. The summed E-state index contributed by atoms with van der Waals surface area (Å²) in [5.74, 6) is 0.527. The summed E-state index contributed by atoms with van der Waals surface area (Å²) in [5, 5.41) is 13.0. The van der Waals surface area contributed by atoms with Gasteiger partial charge in [-0.1, -0.05) is 23.4 Å². The van der Waals surface area contributed by atoms with Crippen LogP contribution in [0.4, 0.5) is 0 Å². The van der Waals surface area contributed by atoms with Crippen LogP contribution >= 0.6 is 0 Å². The number of benzene rings is 1. The van der Waals surface area contributed by atoms with Crippen LogP contribution in [0.2, 0.25) is 0 Å². The van der Waals surface area contributed by atoms with Gasteiger partial charge < -0.3 is 15.2 Å². The highest BCUT2D eigenvalue weighted by molar-refractivity contribution is 5.92. The van der Waals surface area contributed by atoms with Gasteiger partial charge in [0.15, 0.2) is 5.69 Å². The molecule has 5 rings (SSSR count). The van der Waals surface area contributed by atoms with Crippen LogP contribution in [0.3, 0.4) is 0 Å². The Labute approximate surface area is 157 Å². The van der Waals surface area contributed by atoms with Crippen molar-refractivity contribution in [2.45, 2.75) is 32.4 Å². The topological polar surface area (TPSA) is 78.8 Å². The molecule has 0 aliphatic carbocycles. The molecule has 0 saturated carbocycles. The molecule has 1 saturated heterocycles. The normalized spacial score (nSPS) is 20.0. The summed E-state index contributed by atoms with van der Waals surface area (Å²) < 4.78 is 1.82. The number of rotatable bonds is 3. The lowest BCUT2D eigenvalue weighted by Gasteiger charge is -2.26. The number of nitrogens with zero attached hydrogens (tertiary/aromatic N) is 4. The second-order valence-corrected chi connectivity index (χ2v) is 7.64. The van der Waals surface area contributed by atoms with Crippen LogP contribution in [0, 0.1) is 5.92 Å². The summed E-state index contributed by atoms with van der Waals surface area (Å²) in [5.41, 5.74) is 4.06. The first-order chi connectivity index (χ1) is 13.3. The van der Waals surface area contributed by atoms with Crippen LogP contribution in [0.5, 0.6) is 0 Å². The van der Waals surface area contributed by atoms with E-state index >= 15 is 0 Å². The van der Waals surface area contributed by atoms with Gasteiger partial charge in [0.25, 0.3) is 5.91 Å². The number of carbonyl (C=O) groups excluding carboxylic acids is 1. The van der Waals surface area contributed by atoms with Gasteiger partial charge in [-0.2, -0.15) is 0 Å². The van der Waals surface area contributed by atoms with Crippen molar-refractivity contribution < 1.29 is 4.79 Å². The Morgan fingerprint density at radius 3 is 3.11 bits per heavy atom. The number of para-hydroxylation sites is 1. The van der Waals surface area contributed by atoms with Crippen molar-refractivity contribution in [2.24, 2.45) is 5.92 Å². The third-order valence-electron chi connectivity index (χ3n) is 5.77. The van der Waals surface area contributed by atoms with E-state index in [1.54, 1.807) is 6.20 Å². The zero-order valence-corrected chi connectivity index (χ0v) is 15.3. The number of hydrogen-bond donors (Lipinski definition) is 2. The maximum atomic E-state index is 12.9. The van der Waals surface area contributed by atoms with E-state index in [0.717, 1.165) is 37.3 Å². The second-order valence-electron chi connectivity index (χ2n) is 7.64. The van der Waals surface area contributed by atoms with Gasteiger partial charge in [0.1, 0.15) is 0 Å². The number of hydrogen-bond acceptors (Lipinski definition) is 4. The van der Waals surface area contributed by atoms with Gasteiger partial charge in [-0.05, 0) is 49.9 Å². The molecule has 0 bridgehead atoms. The molecule has 0 spiro atoms. The molecule has 140 valence electrons. The first-order valence-corrected chi connectivity index (χ1v) is 9.76. The van der Waals surface area contributed by atoms with Crippen molar-refractivity contribution >= 4 is 16.8 Å². The van der Waals surface area contributed by atoms with E-state index in [1.807, 2.05) is 15.6 Å². The molecule has 1 fully saturated rings. The maximum Gasteiger partial charge on any atom is 0.276 e.